The number of hydrogen-bond donors (Lipinski definition) is 0. The zero-order valence-electron chi connectivity index (χ0n) is 8.14. The Kier molecular flexibility index (Phi) is 2.56. The molecular weight excluding hydrogens is 212 g/mol. The highest BCUT2D eigenvalue weighted by Crippen LogP contribution is 2.27. The molecule has 0 aliphatic carbocycles. The van der Waals surface area contributed by atoms with E-state index in [9.17, 15) is 4.79 Å². The first-order valence-corrected chi connectivity index (χ1v) is 4.83. The first-order chi connectivity index (χ1) is 7.24. The summed E-state index contributed by atoms with van der Waals surface area (Å²) in [5, 5.41) is 0.651. The summed E-state index contributed by atoms with van der Waals surface area (Å²) in [6.45, 7) is 0. The number of aldehydes is 1. The van der Waals surface area contributed by atoms with Gasteiger partial charge in [0.2, 0.25) is 0 Å². The van der Waals surface area contributed by atoms with Crippen molar-refractivity contribution >= 4 is 17.9 Å². The van der Waals surface area contributed by atoms with Crippen LogP contribution in [0.4, 0.5) is 0 Å². The molecule has 0 amide bonds. The first-order valence-electron chi connectivity index (χ1n) is 4.46. The predicted molar refractivity (Wildman–Crippen MR) is 59.0 cm³/mol. The molecule has 1 heterocycles. The van der Waals surface area contributed by atoms with Crippen molar-refractivity contribution in [3.63, 3.8) is 0 Å². The minimum Gasteiger partial charge on any atom is -0.325 e. The van der Waals surface area contributed by atoms with Gasteiger partial charge in [0.05, 0.1) is 11.9 Å². The maximum Gasteiger partial charge on any atom is 0.185 e. The zero-order valence-corrected chi connectivity index (χ0v) is 8.90. The Balaban J connectivity index is 2.59. The van der Waals surface area contributed by atoms with Crippen LogP contribution in [0.1, 0.15) is 10.6 Å². The quantitative estimate of drug-likeness (QED) is 0.729. The van der Waals surface area contributed by atoms with Crippen LogP contribution in [0.2, 0.25) is 5.02 Å². The lowest BCUT2D eigenvalue weighted by Gasteiger charge is -2.04. The van der Waals surface area contributed by atoms with Crippen molar-refractivity contribution in [2.45, 2.75) is 0 Å². The molecule has 0 fully saturated rings. The highest BCUT2D eigenvalue weighted by molar-refractivity contribution is 6.33. The molecule has 0 saturated heterocycles. The van der Waals surface area contributed by atoms with Gasteiger partial charge in [0.25, 0.3) is 0 Å². The van der Waals surface area contributed by atoms with E-state index in [2.05, 4.69) is 4.98 Å². The van der Waals surface area contributed by atoms with E-state index < -0.39 is 0 Å². The summed E-state index contributed by atoms with van der Waals surface area (Å²) < 4.78 is 1.72. The molecule has 0 radical (unpaired) electrons. The van der Waals surface area contributed by atoms with Gasteiger partial charge in [-0.05, 0) is 6.07 Å². The van der Waals surface area contributed by atoms with Crippen molar-refractivity contribution in [2.75, 3.05) is 0 Å². The van der Waals surface area contributed by atoms with Gasteiger partial charge in [0.15, 0.2) is 12.1 Å². The number of carbonyl (C=O) groups is 1. The summed E-state index contributed by atoms with van der Waals surface area (Å²) in [5.41, 5.74) is 1.71. The summed E-state index contributed by atoms with van der Waals surface area (Å²) in [4.78, 5) is 14.6. The van der Waals surface area contributed by atoms with Gasteiger partial charge in [-0.1, -0.05) is 29.8 Å². The molecule has 1 aromatic heterocycles. The van der Waals surface area contributed by atoms with Crippen LogP contribution < -0.4 is 0 Å². The smallest absolute Gasteiger partial charge is 0.185 e. The Labute approximate surface area is 92.3 Å². The topological polar surface area (TPSA) is 34.9 Å². The summed E-state index contributed by atoms with van der Waals surface area (Å²) in [5.74, 6) is 0.393. The molecule has 0 N–H and O–H groups in total. The van der Waals surface area contributed by atoms with E-state index in [-0.39, 0.29) is 0 Å². The van der Waals surface area contributed by atoms with Gasteiger partial charge in [-0.15, -0.1) is 0 Å². The molecule has 2 aromatic rings. The fraction of sp³-hybridized carbons (Fsp3) is 0.0909. The molecule has 76 valence electrons. The van der Waals surface area contributed by atoms with Crippen molar-refractivity contribution < 1.29 is 4.79 Å². The molecule has 0 spiro atoms. The Bertz CT molecular complexity index is 505. The van der Waals surface area contributed by atoms with E-state index >= 15 is 0 Å². The molecule has 0 bridgehead atoms. The van der Waals surface area contributed by atoms with Gasteiger partial charge in [-0.3, -0.25) is 4.79 Å². The minimum absolute atomic E-state index is 0.393. The number of halogens is 1. The Morgan fingerprint density at radius 2 is 2.13 bits per heavy atom. The van der Waals surface area contributed by atoms with Crippen molar-refractivity contribution in [1.82, 2.24) is 9.55 Å². The molecule has 0 atom stereocenters. The fourth-order valence-electron chi connectivity index (χ4n) is 1.45. The first kappa shape index (κ1) is 9.93. The van der Waals surface area contributed by atoms with E-state index in [1.54, 1.807) is 17.8 Å². The maximum absolute atomic E-state index is 10.6. The van der Waals surface area contributed by atoms with Crippen LogP contribution >= 0.6 is 11.6 Å². The van der Waals surface area contributed by atoms with Gasteiger partial charge >= 0.3 is 0 Å². The molecule has 0 aliphatic rings. The minimum atomic E-state index is 0.393. The van der Waals surface area contributed by atoms with Crippen molar-refractivity contribution in [2.24, 2.45) is 7.05 Å². The lowest BCUT2D eigenvalue weighted by Crippen LogP contribution is -1.97. The van der Waals surface area contributed by atoms with Crippen LogP contribution in [0.3, 0.4) is 0 Å². The van der Waals surface area contributed by atoms with Crippen molar-refractivity contribution in [3.8, 4) is 11.3 Å². The molecule has 2 rings (SSSR count). The Morgan fingerprint density at radius 1 is 1.40 bits per heavy atom. The number of benzene rings is 1. The van der Waals surface area contributed by atoms with E-state index in [1.807, 2.05) is 24.3 Å². The molecule has 0 aliphatic heterocycles. The normalized spacial score (nSPS) is 10.3. The number of nitrogens with zero attached hydrogens (tertiary/aromatic N) is 2. The number of hydrogen-bond acceptors (Lipinski definition) is 2. The molecule has 1 aromatic carbocycles. The molecule has 3 nitrogen and oxygen atoms in total. The molecule has 0 unspecified atom stereocenters. The second-order valence-electron chi connectivity index (χ2n) is 3.16. The van der Waals surface area contributed by atoms with Gasteiger partial charge < -0.3 is 4.57 Å². The lowest BCUT2D eigenvalue weighted by molar-refractivity contribution is 0.111. The Hall–Kier alpha value is -1.61. The molecular formula is C11H9ClN2O. The van der Waals surface area contributed by atoms with E-state index in [4.69, 9.17) is 11.6 Å². The number of rotatable bonds is 2. The average Bonchev–Trinajstić information content (AvgIpc) is 2.60. The third-order valence-corrected chi connectivity index (χ3v) is 2.61. The molecule has 4 heteroatoms. The largest absolute Gasteiger partial charge is 0.325 e. The van der Waals surface area contributed by atoms with Gasteiger partial charge in [0, 0.05) is 17.6 Å². The average molecular weight is 221 g/mol. The second kappa shape index (κ2) is 3.87. The monoisotopic (exact) mass is 220 g/mol. The van der Waals surface area contributed by atoms with E-state index in [1.165, 1.54) is 0 Å². The summed E-state index contributed by atoms with van der Waals surface area (Å²) in [6.07, 6.45) is 2.37. The van der Waals surface area contributed by atoms with Crippen LogP contribution in [0.5, 0.6) is 0 Å². The van der Waals surface area contributed by atoms with E-state index in [0.29, 0.717) is 10.8 Å². The zero-order chi connectivity index (χ0) is 10.8. The van der Waals surface area contributed by atoms with Crippen LogP contribution in [0, 0.1) is 0 Å². The van der Waals surface area contributed by atoms with E-state index in [0.717, 1.165) is 17.5 Å². The molecule has 0 saturated carbocycles. The number of carbonyl (C=O) groups excluding carboxylic acids is 1. The summed E-state index contributed by atoms with van der Waals surface area (Å²) in [6, 6.07) is 7.47. The summed E-state index contributed by atoms with van der Waals surface area (Å²) >= 11 is 6.05. The molecule has 15 heavy (non-hydrogen) atoms. The van der Waals surface area contributed by atoms with Crippen molar-refractivity contribution in [3.05, 3.63) is 41.3 Å². The van der Waals surface area contributed by atoms with Gasteiger partial charge in [-0.25, -0.2) is 4.98 Å². The number of imidazole rings is 1. The standard InChI is InChI=1S/C11H9ClN2O/c1-14-10(6-13-11(14)7-15)8-4-2-3-5-9(8)12/h2-7H,1H3. The van der Waals surface area contributed by atoms with Crippen LogP contribution in [0.25, 0.3) is 11.3 Å². The fourth-order valence-corrected chi connectivity index (χ4v) is 1.69. The van der Waals surface area contributed by atoms with Crippen LogP contribution in [-0.4, -0.2) is 15.8 Å². The number of aromatic nitrogens is 2. The van der Waals surface area contributed by atoms with Crippen LogP contribution in [0.15, 0.2) is 30.5 Å². The maximum atomic E-state index is 10.6. The van der Waals surface area contributed by atoms with Crippen LogP contribution in [-0.2, 0) is 7.05 Å². The van der Waals surface area contributed by atoms with Crippen molar-refractivity contribution in [1.29, 1.82) is 0 Å². The second-order valence-corrected chi connectivity index (χ2v) is 3.57. The Morgan fingerprint density at radius 3 is 2.73 bits per heavy atom. The highest BCUT2D eigenvalue weighted by atomic mass is 35.5. The van der Waals surface area contributed by atoms with Gasteiger partial charge in [-0.2, -0.15) is 0 Å². The lowest BCUT2D eigenvalue weighted by atomic mass is 10.2. The highest BCUT2D eigenvalue weighted by Gasteiger charge is 2.09. The third kappa shape index (κ3) is 1.66. The summed E-state index contributed by atoms with van der Waals surface area (Å²) in [7, 11) is 1.79. The van der Waals surface area contributed by atoms with Gasteiger partial charge in [0.1, 0.15) is 0 Å². The SMILES string of the molecule is Cn1c(-c2ccccc2Cl)cnc1C=O. The predicted octanol–water partition coefficient (Wildman–Crippen LogP) is 2.55. The third-order valence-electron chi connectivity index (χ3n) is 2.28.